The monoisotopic (exact) mass is 249 g/mol. The first-order valence-corrected chi connectivity index (χ1v) is 5.95. The molecule has 2 rings (SSSR count). The lowest BCUT2D eigenvalue weighted by molar-refractivity contribution is 0.599. The Kier molecular flexibility index (Phi) is 3.71. The summed E-state index contributed by atoms with van der Waals surface area (Å²) in [5, 5.41) is 0.537. The highest BCUT2D eigenvalue weighted by Crippen LogP contribution is 2.27. The summed E-state index contributed by atoms with van der Waals surface area (Å²) in [6, 6.07) is 4.95. The molecule has 2 aromatic rings. The van der Waals surface area contributed by atoms with Crippen LogP contribution in [0, 0.1) is 12.7 Å². The number of aromatic nitrogens is 2. The Labute approximate surface area is 103 Å². The fourth-order valence-electron chi connectivity index (χ4n) is 1.29. The van der Waals surface area contributed by atoms with Crippen molar-refractivity contribution >= 4 is 11.8 Å². The number of hydrogen-bond acceptors (Lipinski definition) is 4. The Morgan fingerprint density at radius 1 is 1.29 bits per heavy atom. The normalized spacial score (nSPS) is 10.5. The number of hydrogen-bond donors (Lipinski definition) is 1. The predicted molar refractivity (Wildman–Crippen MR) is 65.2 cm³/mol. The molecule has 5 heteroatoms. The molecule has 0 saturated heterocycles. The summed E-state index contributed by atoms with van der Waals surface area (Å²) in [6.45, 7) is 2.24. The summed E-state index contributed by atoms with van der Waals surface area (Å²) in [4.78, 5) is 8.74. The summed E-state index contributed by atoms with van der Waals surface area (Å²) in [6.07, 6.45) is 3.42. The van der Waals surface area contributed by atoms with Crippen molar-refractivity contribution in [3.05, 3.63) is 47.5 Å². The van der Waals surface area contributed by atoms with E-state index in [1.54, 1.807) is 24.5 Å². The Hall–Kier alpha value is -1.46. The molecule has 0 unspecified atom stereocenters. The molecular formula is C12H12FN3S. The first kappa shape index (κ1) is 12.0. The van der Waals surface area contributed by atoms with Crippen LogP contribution in [0.25, 0.3) is 0 Å². The van der Waals surface area contributed by atoms with Gasteiger partial charge in [-0.05, 0) is 41.9 Å². The van der Waals surface area contributed by atoms with Crippen LogP contribution in [0.2, 0.25) is 0 Å². The molecule has 1 aromatic carbocycles. The molecule has 0 bridgehead atoms. The lowest BCUT2D eigenvalue weighted by atomic mass is 10.2. The van der Waals surface area contributed by atoms with Gasteiger partial charge in [0.05, 0.1) is 4.90 Å². The zero-order valence-corrected chi connectivity index (χ0v) is 10.2. The highest BCUT2D eigenvalue weighted by Gasteiger charge is 2.06. The molecule has 0 radical (unpaired) electrons. The SMILES string of the molecule is Cc1cnc(Sc2ccc(CN)cc2F)nc1. The van der Waals surface area contributed by atoms with Crippen LogP contribution in [0.5, 0.6) is 0 Å². The van der Waals surface area contributed by atoms with Crippen LogP contribution in [0.15, 0.2) is 40.6 Å². The first-order valence-electron chi connectivity index (χ1n) is 5.14. The maximum absolute atomic E-state index is 13.7. The fraction of sp³-hybridized carbons (Fsp3) is 0.167. The van der Waals surface area contributed by atoms with Gasteiger partial charge in [-0.1, -0.05) is 6.07 Å². The van der Waals surface area contributed by atoms with Gasteiger partial charge in [-0.3, -0.25) is 0 Å². The Morgan fingerprint density at radius 2 is 2.00 bits per heavy atom. The number of nitrogens with zero attached hydrogens (tertiary/aromatic N) is 2. The molecule has 0 aliphatic carbocycles. The van der Waals surface area contributed by atoms with Gasteiger partial charge < -0.3 is 5.73 Å². The summed E-state index contributed by atoms with van der Waals surface area (Å²) in [5.74, 6) is -0.290. The third-order valence-corrected chi connectivity index (χ3v) is 3.13. The second kappa shape index (κ2) is 5.25. The molecular weight excluding hydrogens is 237 g/mol. The lowest BCUT2D eigenvalue weighted by Crippen LogP contribution is -1.97. The summed E-state index contributed by atoms with van der Waals surface area (Å²) in [7, 11) is 0. The van der Waals surface area contributed by atoms with Crippen LogP contribution in [0.3, 0.4) is 0 Å². The highest BCUT2D eigenvalue weighted by molar-refractivity contribution is 7.99. The minimum atomic E-state index is -0.290. The molecule has 17 heavy (non-hydrogen) atoms. The average Bonchev–Trinajstić information content (AvgIpc) is 2.34. The fourth-order valence-corrected chi connectivity index (χ4v) is 1.99. The van der Waals surface area contributed by atoms with Gasteiger partial charge in [0.25, 0.3) is 0 Å². The highest BCUT2D eigenvalue weighted by atomic mass is 32.2. The van der Waals surface area contributed by atoms with Crippen molar-refractivity contribution in [1.82, 2.24) is 9.97 Å². The van der Waals surface area contributed by atoms with Crippen molar-refractivity contribution in [2.75, 3.05) is 0 Å². The van der Waals surface area contributed by atoms with E-state index in [0.29, 0.717) is 16.6 Å². The Balaban J connectivity index is 2.21. The van der Waals surface area contributed by atoms with Crippen LogP contribution in [-0.4, -0.2) is 9.97 Å². The lowest BCUT2D eigenvalue weighted by Gasteiger charge is -2.03. The van der Waals surface area contributed by atoms with Gasteiger partial charge >= 0.3 is 0 Å². The van der Waals surface area contributed by atoms with E-state index in [4.69, 9.17) is 5.73 Å². The minimum Gasteiger partial charge on any atom is -0.326 e. The van der Waals surface area contributed by atoms with Gasteiger partial charge in [-0.15, -0.1) is 0 Å². The maximum atomic E-state index is 13.7. The number of halogens is 1. The standard InChI is InChI=1S/C12H12FN3S/c1-8-6-15-12(16-7-8)17-11-3-2-9(5-14)4-10(11)13/h2-4,6-7H,5,14H2,1H3. The van der Waals surface area contributed by atoms with E-state index >= 15 is 0 Å². The van der Waals surface area contributed by atoms with Crippen molar-refractivity contribution in [3.63, 3.8) is 0 Å². The van der Waals surface area contributed by atoms with Gasteiger partial charge in [0.15, 0.2) is 5.16 Å². The molecule has 2 N–H and O–H groups in total. The Bertz CT molecular complexity index is 514. The molecule has 0 amide bonds. The van der Waals surface area contributed by atoms with Crippen molar-refractivity contribution in [2.45, 2.75) is 23.5 Å². The summed E-state index contributed by atoms with van der Waals surface area (Å²) >= 11 is 1.20. The van der Waals surface area contributed by atoms with Crippen molar-refractivity contribution in [1.29, 1.82) is 0 Å². The second-order valence-corrected chi connectivity index (χ2v) is 4.62. The van der Waals surface area contributed by atoms with E-state index in [-0.39, 0.29) is 5.82 Å². The van der Waals surface area contributed by atoms with Crippen LogP contribution in [0.4, 0.5) is 4.39 Å². The third kappa shape index (κ3) is 3.01. The molecule has 1 heterocycles. The van der Waals surface area contributed by atoms with Crippen LogP contribution < -0.4 is 5.73 Å². The second-order valence-electron chi connectivity index (χ2n) is 3.61. The van der Waals surface area contributed by atoms with Gasteiger partial charge in [-0.2, -0.15) is 0 Å². The van der Waals surface area contributed by atoms with Crippen LogP contribution in [0.1, 0.15) is 11.1 Å². The van der Waals surface area contributed by atoms with Gasteiger partial charge in [0, 0.05) is 18.9 Å². The molecule has 0 aliphatic rings. The number of rotatable bonds is 3. The molecule has 3 nitrogen and oxygen atoms in total. The molecule has 0 saturated carbocycles. The van der Waals surface area contributed by atoms with Gasteiger partial charge in [0.1, 0.15) is 5.82 Å². The molecule has 88 valence electrons. The van der Waals surface area contributed by atoms with E-state index < -0.39 is 0 Å². The third-order valence-electron chi connectivity index (χ3n) is 2.19. The van der Waals surface area contributed by atoms with E-state index in [2.05, 4.69) is 9.97 Å². The number of benzene rings is 1. The molecule has 1 aromatic heterocycles. The maximum Gasteiger partial charge on any atom is 0.192 e. The molecule has 0 spiro atoms. The Morgan fingerprint density at radius 3 is 2.59 bits per heavy atom. The van der Waals surface area contributed by atoms with E-state index in [9.17, 15) is 4.39 Å². The minimum absolute atomic E-state index is 0.290. The van der Waals surface area contributed by atoms with Crippen LogP contribution in [-0.2, 0) is 6.54 Å². The molecule has 0 fully saturated rings. The average molecular weight is 249 g/mol. The largest absolute Gasteiger partial charge is 0.326 e. The molecule has 0 aliphatic heterocycles. The number of aryl methyl sites for hydroxylation is 1. The van der Waals surface area contributed by atoms with E-state index in [0.717, 1.165) is 11.1 Å². The zero-order valence-electron chi connectivity index (χ0n) is 9.35. The van der Waals surface area contributed by atoms with Gasteiger partial charge in [0.2, 0.25) is 0 Å². The first-order chi connectivity index (χ1) is 8.19. The number of nitrogens with two attached hydrogens (primary N) is 1. The predicted octanol–water partition coefficient (Wildman–Crippen LogP) is 2.53. The molecule has 0 atom stereocenters. The zero-order chi connectivity index (χ0) is 12.3. The topological polar surface area (TPSA) is 51.8 Å². The van der Waals surface area contributed by atoms with Crippen LogP contribution >= 0.6 is 11.8 Å². The van der Waals surface area contributed by atoms with E-state index in [1.165, 1.54) is 17.8 Å². The van der Waals surface area contributed by atoms with Crippen molar-refractivity contribution < 1.29 is 4.39 Å². The summed E-state index contributed by atoms with van der Waals surface area (Å²) in [5.41, 5.74) is 7.19. The van der Waals surface area contributed by atoms with Gasteiger partial charge in [-0.25, -0.2) is 14.4 Å². The van der Waals surface area contributed by atoms with E-state index in [1.807, 2.05) is 6.92 Å². The smallest absolute Gasteiger partial charge is 0.192 e. The van der Waals surface area contributed by atoms with Crippen molar-refractivity contribution in [2.24, 2.45) is 5.73 Å². The summed E-state index contributed by atoms with van der Waals surface area (Å²) < 4.78 is 13.7. The van der Waals surface area contributed by atoms with Crippen molar-refractivity contribution in [3.8, 4) is 0 Å². The quantitative estimate of drug-likeness (QED) is 0.849.